The molecule has 2 rings (SSSR count). The number of carbonyl (C=O) groups is 2. The Hall–Kier alpha value is -2.24. The van der Waals surface area contributed by atoms with E-state index in [-0.39, 0.29) is 12.5 Å². The molecule has 1 heterocycles. The molecule has 0 atom stereocenters. The van der Waals surface area contributed by atoms with Gasteiger partial charge in [0.15, 0.2) is 0 Å². The number of nitrogens with zero attached hydrogens (tertiary/aromatic N) is 2. The van der Waals surface area contributed by atoms with Crippen LogP contribution in [0.25, 0.3) is 0 Å². The molecule has 0 aromatic heterocycles. The fraction of sp³-hybridized carbons (Fsp3) is 0.333. The van der Waals surface area contributed by atoms with Crippen molar-refractivity contribution in [1.29, 1.82) is 0 Å². The second-order valence-electron chi connectivity index (χ2n) is 4.31. The van der Waals surface area contributed by atoms with Crippen molar-refractivity contribution in [3.63, 3.8) is 0 Å². The van der Waals surface area contributed by atoms with Crippen LogP contribution >= 0.6 is 0 Å². The summed E-state index contributed by atoms with van der Waals surface area (Å²) in [6, 6.07) is 5.33. The fourth-order valence-corrected chi connectivity index (χ4v) is 1.99. The maximum Gasteiger partial charge on any atom is 0.407 e. The number of hydrogen-bond acceptors (Lipinski definition) is 3. The Kier molecular flexibility index (Phi) is 3.10. The van der Waals surface area contributed by atoms with Crippen LogP contribution in [0.1, 0.15) is 5.56 Å². The lowest BCUT2D eigenvalue weighted by molar-refractivity contribution is -0.117. The van der Waals surface area contributed by atoms with Crippen LogP contribution in [-0.2, 0) is 11.2 Å². The number of nitrogens with two attached hydrogens (primary N) is 1. The molecule has 1 aliphatic heterocycles. The highest BCUT2D eigenvalue weighted by Gasteiger charge is 2.27. The first-order chi connectivity index (χ1) is 8.49. The topological polar surface area (TPSA) is 86.9 Å². The Morgan fingerprint density at radius 1 is 1.56 bits per heavy atom. The van der Waals surface area contributed by atoms with E-state index in [1.54, 1.807) is 23.1 Å². The van der Waals surface area contributed by atoms with E-state index >= 15 is 0 Å². The van der Waals surface area contributed by atoms with E-state index in [0.717, 1.165) is 16.2 Å². The summed E-state index contributed by atoms with van der Waals surface area (Å²) in [6.07, 6.45) is -0.670. The van der Waals surface area contributed by atoms with Crippen molar-refractivity contribution in [2.24, 2.45) is 0 Å². The van der Waals surface area contributed by atoms with Gasteiger partial charge in [-0.1, -0.05) is 0 Å². The van der Waals surface area contributed by atoms with Crippen molar-refractivity contribution >= 4 is 23.4 Å². The van der Waals surface area contributed by atoms with Gasteiger partial charge in [0, 0.05) is 31.5 Å². The van der Waals surface area contributed by atoms with E-state index in [9.17, 15) is 9.59 Å². The zero-order valence-electron chi connectivity index (χ0n) is 10.1. The highest BCUT2D eigenvalue weighted by atomic mass is 16.4. The van der Waals surface area contributed by atoms with Gasteiger partial charge in [-0.3, -0.25) is 4.79 Å². The standard InChI is InChI=1S/C12H15N3O3/c1-14(12(17)18)4-5-15-10-3-2-9(13)6-8(10)7-11(15)16/h2-3,6H,4-5,7,13H2,1H3,(H,17,18). The number of amides is 2. The summed E-state index contributed by atoms with van der Waals surface area (Å²) < 4.78 is 0. The van der Waals surface area contributed by atoms with Gasteiger partial charge >= 0.3 is 6.09 Å². The maximum absolute atomic E-state index is 11.8. The summed E-state index contributed by atoms with van der Waals surface area (Å²) in [5.41, 5.74) is 8.03. The molecule has 96 valence electrons. The summed E-state index contributed by atoms with van der Waals surface area (Å²) >= 11 is 0. The highest BCUT2D eigenvalue weighted by Crippen LogP contribution is 2.30. The largest absolute Gasteiger partial charge is 0.465 e. The van der Waals surface area contributed by atoms with Crippen molar-refractivity contribution in [2.45, 2.75) is 6.42 Å². The summed E-state index contributed by atoms with van der Waals surface area (Å²) in [4.78, 5) is 25.3. The van der Waals surface area contributed by atoms with Crippen LogP contribution in [0.5, 0.6) is 0 Å². The van der Waals surface area contributed by atoms with Crippen LogP contribution < -0.4 is 10.6 Å². The van der Waals surface area contributed by atoms with Crippen molar-refractivity contribution in [3.05, 3.63) is 23.8 Å². The van der Waals surface area contributed by atoms with E-state index in [2.05, 4.69) is 0 Å². The number of benzene rings is 1. The third kappa shape index (κ3) is 2.22. The molecule has 3 N–H and O–H groups in total. The van der Waals surface area contributed by atoms with E-state index in [0.29, 0.717) is 18.7 Å². The van der Waals surface area contributed by atoms with Crippen LogP contribution in [0, 0.1) is 0 Å². The SMILES string of the molecule is CN(CCN1C(=O)Cc2cc(N)ccc21)C(=O)O. The molecule has 0 fully saturated rings. The smallest absolute Gasteiger partial charge is 0.407 e. The molecule has 0 saturated carbocycles. The van der Waals surface area contributed by atoms with Crippen LogP contribution in [0.15, 0.2) is 18.2 Å². The first-order valence-corrected chi connectivity index (χ1v) is 5.62. The maximum atomic E-state index is 11.8. The number of anilines is 2. The second-order valence-corrected chi connectivity index (χ2v) is 4.31. The number of carboxylic acid groups (broad SMARTS) is 1. The minimum atomic E-state index is -1.00. The van der Waals surface area contributed by atoms with Gasteiger partial charge in [-0.15, -0.1) is 0 Å². The lowest BCUT2D eigenvalue weighted by Crippen LogP contribution is -2.37. The van der Waals surface area contributed by atoms with Gasteiger partial charge in [0.2, 0.25) is 5.91 Å². The fourth-order valence-electron chi connectivity index (χ4n) is 1.99. The predicted molar refractivity (Wildman–Crippen MR) is 67.6 cm³/mol. The quantitative estimate of drug-likeness (QED) is 0.774. The molecular formula is C12H15N3O3. The van der Waals surface area contributed by atoms with Crippen LogP contribution in [0.3, 0.4) is 0 Å². The van der Waals surface area contributed by atoms with Gasteiger partial charge < -0.3 is 20.6 Å². The summed E-state index contributed by atoms with van der Waals surface area (Å²) in [6.45, 7) is 0.642. The van der Waals surface area contributed by atoms with E-state index < -0.39 is 6.09 Å². The van der Waals surface area contributed by atoms with Crippen molar-refractivity contribution in [2.75, 3.05) is 30.8 Å². The van der Waals surface area contributed by atoms with Gasteiger partial charge in [0.05, 0.1) is 6.42 Å². The van der Waals surface area contributed by atoms with Crippen LogP contribution in [-0.4, -0.2) is 42.1 Å². The third-order valence-corrected chi connectivity index (χ3v) is 3.02. The van der Waals surface area contributed by atoms with Crippen molar-refractivity contribution < 1.29 is 14.7 Å². The summed E-state index contributed by atoms with van der Waals surface area (Å²) in [5.74, 6) is -0.0191. The molecule has 18 heavy (non-hydrogen) atoms. The second kappa shape index (κ2) is 4.56. The lowest BCUT2D eigenvalue weighted by Gasteiger charge is -2.20. The average Bonchev–Trinajstić information content (AvgIpc) is 2.60. The average molecular weight is 249 g/mol. The highest BCUT2D eigenvalue weighted by molar-refractivity contribution is 6.01. The lowest BCUT2D eigenvalue weighted by atomic mass is 10.1. The van der Waals surface area contributed by atoms with Gasteiger partial charge in [-0.05, 0) is 23.8 Å². The molecule has 1 aliphatic rings. The first kappa shape index (κ1) is 12.2. The molecule has 0 unspecified atom stereocenters. The van der Waals surface area contributed by atoms with Gasteiger partial charge in [0.1, 0.15) is 0 Å². The summed E-state index contributed by atoms with van der Waals surface area (Å²) in [5, 5.41) is 8.76. The first-order valence-electron chi connectivity index (χ1n) is 5.62. The Labute approximate surface area is 105 Å². The monoisotopic (exact) mass is 249 g/mol. The molecule has 2 amide bonds. The molecule has 1 aromatic carbocycles. The number of carbonyl (C=O) groups excluding carboxylic acids is 1. The minimum Gasteiger partial charge on any atom is -0.465 e. The molecule has 6 nitrogen and oxygen atoms in total. The van der Waals surface area contributed by atoms with Crippen LogP contribution in [0.4, 0.5) is 16.2 Å². The zero-order valence-corrected chi connectivity index (χ0v) is 10.1. The van der Waals surface area contributed by atoms with Gasteiger partial charge in [-0.2, -0.15) is 0 Å². The summed E-state index contributed by atoms with van der Waals surface area (Å²) in [7, 11) is 1.48. The molecule has 0 radical (unpaired) electrons. The van der Waals surface area contributed by atoms with E-state index in [1.807, 2.05) is 0 Å². The molecule has 0 spiro atoms. The molecule has 0 bridgehead atoms. The van der Waals surface area contributed by atoms with E-state index in [4.69, 9.17) is 10.8 Å². The van der Waals surface area contributed by atoms with Crippen molar-refractivity contribution in [3.8, 4) is 0 Å². The van der Waals surface area contributed by atoms with Crippen LogP contribution in [0.2, 0.25) is 0 Å². The molecule has 0 aliphatic carbocycles. The number of hydrogen-bond donors (Lipinski definition) is 2. The molecule has 0 saturated heterocycles. The van der Waals surface area contributed by atoms with Crippen molar-refractivity contribution in [1.82, 2.24) is 4.90 Å². The number of nitrogen functional groups attached to an aromatic ring is 1. The molecular weight excluding hydrogens is 234 g/mol. The Morgan fingerprint density at radius 3 is 2.94 bits per heavy atom. The number of rotatable bonds is 3. The van der Waals surface area contributed by atoms with Gasteiger partial charge in [0.25, 0.3) is 0 Å². The normalized spacial score (nSPS) is 13.6. The number of likely N-dealkylation sites (N-methyl/N-ethyl adjacent to an activating group) is 1. The predicted octanol–water partition coefficient (Wildman–Crippen LogP) is 0.768. The third-order valence-electron chi connectivity index (χ3n) is 3.02. The Bertz CT molecular complexity index is 501. The van der Waals surface area contributed by atoms with E-state index in [1.165, 1.54) is 7.05 Å². The molecule has 6 heteroatoms. The molecule has 1 aromatic rings. The Balaban J connectivity index is 2.11. The zero-order chi connectivity index (χ0) is 13.3. The van der Waals surface area contributed by atoms with Gasteiger partial charge in [-0.25, -0.2) is 4.79 Å². The number of fused-ring (bicyclic) bond motifs is 1. The Morgan fingerprint density at radius 2 is 2.28 bits per heavy atom. The minimum absolute atomic E-state index is 0.0191.